The molecular weight excluding hydrogens is 386 g/mol. The summed E-state index contributed by atoms with van der Waals surface area (Å²) in [6.45, 7) is 5.97. The van der Waals surface area contributed by atoms with Gasteiger partial charge in [0.25, 0.3) is 0 Å². The van der Waals surface area contributed by atoms with Crippen LogP contribution in [0, 0.1) is 50.7 Å². The lowest BCUT2D eigenvalue weighted by atomic mass is 9.58. The van der Waals surface area contributed by atoms with E-state index in [1.54, 1.807) is 25.7 Å². The maximum Gasteiger partial charge on any atom is 0.410 e. The second-order valence-electron chi connectivity index (χ2n) is 8.19. The molecule has 2 unspecified atom stereocenters. The van der Waals surface area contributed by atoms with E-state index in [2.05, 4.69) is 0 Å². The monoisotopic (exact) mass is 407 g/mol. The Balaban J connectivity index is 2.11. The number of thiophene rings is 1. The molecule has 0 aromatic carbocycles. The first-order valence-electron chi connectivity index (χ1n) is 9.25. The Morgan fingerprint density at radius 3 is 2.55 bits per heavy atom. The molecule has 148 valence electrons. The van der Waals surface area contributed by atoms with E-state index < -0.39 is 28.9 Å². The number of hydrogen-bond donors (Lipinski definition) is 1. The highest BCUT2D eigenvalue weighted by Gasteiger charge is 2.56. The summed E-state index contributed by atoms with van der Waals surface area (Å²) in [6, 6.07) is 9.79. The molecule has 7 nitrogen and oxygen atoms in total. The summed E-state index contributed by atoms with van der Waals surface area (Å²) < 4.78 is 5.50. The molecule has 1 fully saturated rings. The average Bonchev–Trinajstić information content (AvgIpc) is 3.19. The van der Waals surface area contributed by atoms with Crippen LogP contribution < -0.4 is 0 Å². The molecule has 0 saturated carbocycles. The Kier molecular flexibility index (Phi) is 5.22. The summed E-state index contributed by atoms with van der Waals surface area (Å²) >= 11 is 1.41. The minimum Gasteiger partial charge on any atom is -0.444 e. The quantitative estimate of drug-likeness (QED) is 0.754. The van der Waals surface area contributed by atoms with Crippen molar-refractivity contribution in [3.63, 3.8) is 0 Å². The number of nitrogens with one attached hydrogen (secondary N) is 1. The molecule has 1 aliphatic heterocycles. The number of amides is 1. The number of carbonyl (C=O) groups is 1. The molecule has 1 amide bonds. The van der Waals surface area contributed by atoms with Crippen molar-refractivity contribution in [3.05, 3.63) is 33.5 Å². The third-order valence-electron chi connectivity index (χ3n) is 5.32. The van der Waals surface area contributed by atoms with Gasteiger partial charge in [0.05, 0.1) is 23.4 Å². The van der Waals surface area contributed by atoms with Gasteiger partial charge in [0.1, 0.15) is 11.7 Å². The van der Waals surface area contributed by atoms with E-state index in [1.807, 2.05) is 35.7 Å². The van der Waals surface area contributed by atoms with Crippen molar-refractivity contribution in [1.29, 1.82) is 21.2 Å². The van der Waals surface area contributed by atoms with Crippen LogP contribution in [0.4, 0.5) is 4.79 Å². The normalized spacial score (nSPS) is 23.4. The van der Waals surface area contributed by atoms with E-state index >= 15 is 0 Å². The van der Waals surface area contributed by atoms with Gasteiger partial charge in [0.15, 0.2) is 5.41 Å². The van der Waals surface area contributed by atoms with Gasteiger partial charge < -0.3 is 15.0 Å². The number of allylic oxidation sites excluding steroid dienone is 1. The molecule has 8 heteroatoms. The molecule has 1 N–H and O–H groups in total. The fraction of sp³-hybridized carbons (Fsp3) is 0.476. The van der Waals surface area contributed by atoms with Crippen LogP contribution in [0.25, 0.3) is 0 Å². The van der Waals surface area contributed by atoms with Gasteiger partial charge in [-0.3, -0.25) is 0 Å². The molecule has 1 aromatic heterocycles. The largest absolute Gasteiger partial charge is 0.444 e. The zero-order chi connectivity index (χ0) is 21.4. The average molecular weight is 407 g/mol. The molecule has 0 bridgehead atoms. The number of ether oxygens (including phenoxy) is 1. The minimum atomic E-state index is -1.78. The Morgan fingerprint density at radius 2 is 2.03 bits per heavy atom. The van der Waals surface area contributed by atoms with Crippen LogP contribution >= 0.6 is 11.3 Å². The third kappa shape index (κ3) is 3.39. The van der Waals surface area contributed by atoms with Crippen LogP contribution in [0.1, 0.15) is 38.0 Å². The Labute approximate surface area is 173 Å². The molecule has 2 atom stereocenters. The Morgan fingerprint density at radius 1 is 1.34 bits per heavy atom. The molecule has 2 aliphatic rings. The van der Waals surface area contributed by atoms with Crippen LogP contribution in [0.2, 0.25) is 0 Å². The predicted octanol–water partition coefficient (Wildman–Crippen LogP) is 3.98. The van der Waals surface area contributed by atoms with Crippen molar-refractivity contribution in [2.75, 3.05) is 13.1 Å². The lowest BCUT2D eigenvalue weighted by Gasteiger charge is -2.46. The summed E-state index contributed by atoms with van der Waals surface area (Å²) in [5, 5.41) is 40.0. The van der Waals surface area contributed by atoms with E-state index in [0.717, 1.165) is 10.5 Å². The summed E-state index contributed by atoms with van der Waals surface area (Å²) in [6.07, 6.45) is -0.0515. The highest BCUT2D eigenvalue weighted by Crippen LogP contribution is 2.53. The van der Waals surface area contributed by atoms with Crippen molar-refractivity contribution < 1.29 is 9.53 Å². The van der Waals surface area contributed by atoms with Gasteiger partial charge in [-0.05, 0) is 44.2 Å². The number of piperidine rings is 1. The summed E-state index contributed by atoms with van der Waals surface area (Å²) in [4.78, 5) is 15.0. The number of rotatable bonds is 1. The van der Waals surface area contributed by atoms with Gasteiger partial charge >= 0.3 is 6.09 Å². The van der Waals surface area contributed by atoms with Crippen LogP contribution in [0.5, 0.6) is 0 Å². The molecule has 0 spiro atoms. The second-order valence-corrected chi connectivity index (χ2v) is 9.17. The van der Waals surface area contributed by atoms with Crippen molar-refractivity contribution in [3.8, 4) is 18.2 Å². The van der Waals surface area contributed by atoms with E-state index in [-0.39, 0.29) is 17.8 Å². The molecular formula is C21H21N5O2S. The summed E-state index contributed by atoms with van der Waals surface area (Å²) in [7, 11) is 0. The Hall–Kier alpha value is -3.15. The topological polar surface area (TPSA) is 125 Å². The lowest BCUT2D eigenvalue weighted by molar-refractivity contribution is 0.0185. The first-order valence-corrected chi connectivity index (χ1v) is 10.1. The summed E-state index contributed by atoms with van der Waals surface area (Å²) in [5.41, 5.74) is -1.80. The molecule has 1 aromatic rings. The van der Waals surface area contributed by atoms with Crippen LogP contribution in [0.3, 0.4) is 0 Å². The maximum absolute atomic E-state index is 12.7. The fourth-order valence-electron chi connectivity index (χ4n) is 4.09. The minimum absolute atomic E-state index is 0.106. The van der Waals surface area contributed by atoms with E-state index in [0.29, 0.717) is 13.0 Å². The highest BCUT2D eigenvalue weighted by molar-refractivity contribution is 7.10. The molecule has 2 heterocycles. The molecule has 1 saturated heterocycles. The highest BCUT2D eigenvalue weighted by atomic mass is 32.1. The number of carbonyl (C=O) groups excluding carboxylic acids is 1. The lowest BCUT2D eigenvalue weighted by Crippen LogP contribution is -2.52. The number of likely N-dealkylation sites (tertiary alicyclic amines) is 1. The van der Waals surface area contributed by atoms with Gasteiger partial charge in [-0.15, -0.1) is 11.3 Å². The first-order chi connectivity index (χ1) is 13.7. The molecule has 29 heavy (non-hydrogen) atoms. The van der Waals surface area contributed by atoms with Gasteiger partial charge in [-0.1, -0.05) is 6.07 Å². The number of nitriles is 3. The van der Waals surface area contributed by atoms with Crippen molar-refractivity contribution >= 4 is 23.1 Å². The zero-order valence-electron chi connectivity index (χ0n) is 16.5. The smallest absolute Gasteiger partial charge is 0.410 e. The predicted molar refractivity (Wildman–Crippen MR) is 107 cm³/mol. The van der Waals surface area contributed by atoms with Crippen molar-refractivity contribution in [1.82, 2.24) is 4.90 Å². The standard InChI is InChI=1S/C21H21N5O2S/c1-20(2,3)28-19(27)26-7-6-13-14(9-22)18(25)21(11-23,12-24)17(15(13)10-26)16-5-4-8-29-16/h4-5,8,15,17,25H,6-7,10H2,1-3H3. The van der Waals surface area contributed by atoms with Gasteiger partial charge in [0, 0.05) is 29.8 Å². The van der Waals surface area contributed by atoms with Crippen molar-refractivity contribution in [2.24, 2.45) is 11.3 Å². The van der Waals surface area contributed by atoms with Crippen LogP contribution in [-0.4, -0.2) is 35.4 Å². The zero-order valence-corrected chi connectivity index (χ0v) is 17.3. The number of fused-ring (bicyclic) bond motifs is 1. The van der Waals surface area contributed by atoms with E-state index in [4.69, 9.17) is 10.1 Å². The van der Waals surface area contributed by atoms with Crippen LogP contribution in [-0.2, 0) is 4.74 Å². The van der Waals surface area contributed by atoms with Gasteiger partial charge in [-0.2, -0.15) is 15.8 Å². The van der Waals surface area contributed by atoms with E-state index in [9.17, 15) is 20.6 Å². The van der Waals surface area contributed by atoms with E-state index in [1.165, 1.54) is 11.3 Å². The molecule has 3 rings (SSSR count). The Bertz CT molecular complexity index is 984. The van der Waals surface area contributed by atoms with Gasteiger partial charge in [0.2, 0.25) is 0 Å². The summed E-state index contributed by atoms with van der Waals surface area (Å²) in [5.74, 6) is -1.03. The fourth-order valence-corrected chi connectivity index (χ4v) is 5.05. The maximum atomic E-state index is 12.7. The SMILES string of the molecule is CC(C)(C)OC(=O)N1CCC2=C(C#N)C(=N)C(C#N)(C#N)C(c3cccs3)C2C1. The number of nitrogens with zero attached hydrogens (tertiary/aromatic N) is 4. The second kappa shape index (κ2) is 7.35. The number of hydrogen-bond acceptors (Lipinski definition) is 7. The first kappa shape index (κ1) is 20.6. The van der Waals surface area contributed by atoms with Crippen LogP contribution in [0.15, 0.2) is 28.7 Å². The van der Waals surface area contributed by atoms with Gasteiger partial charge in [-0.25, -0.2) is 4.79 Å². The molecule has 1 aliphatic carbocycles. The van der Waals surface area contributed by atoms with Crippen molar-refractivity contribution in [2.45, 2.75) is 38.7 Å². The molecule has 0 radical (unpaired) electrons. The third-order valence-corrected chi connectivity index (χ3v) is 6.27.